The van der Waals surface area contributed by atoms with E-state index in [1.54, 1.807) is 14.2 Å². The van der Waals surface area contributed by atoms with Gasteiger partial charge in [-0.2, -0.15) is 0 Å². The highest BCUT2D eigenvalue weighted by Gasteiger charge is 2.33. The van der Waals surface area contributed by atoms with Gasteiger partial charge in [-0.25, -0.2) is 0 Å². The molecule has 1 heterocycles. The Labute approximate surface area is 120 Å². The SMILES string of the molecule is COc1ccc(OC)c(C2CCCN2C(=O)C(C)C)c1. The Kier molecular flexibility index (Phi) is 4.53. The third kappa shape index (κ3) is 2.74. The number of methoxy groups -OCH3 is 2. The molecule has 0 bridgehead atoms. The molecule has 0 saturated carbocycles. The molecule has 1 aliphatic heterocycles. The van der Waals surface area contributed by atoms with E-state index in [2.05, 4.69) is 0 Å². The van der Waals surface area contributed by atoms with Gasteiger partial charge in [-0.05, 0) is 31.0 Å². The Morgan fingerprint density at radius 2 is 2.05 bits per heavy atom. The molecule has 0 spiro atoms. The minimum Gasteiger partial charge on any atom is -0.497 e. The van der Waals surface area contributed by atoms with Crippen molar-refractivity contribution in [3.8, 4) is 11.5 Å². The number of carbonyl (C=O) groups is 1. The minimum absolute atomic E-state index is 0.0206. The van der Waals surface area contributed by atoms with Crippen molar-refractivity contribution in [2.24, 2.45) is 5.92 Å². The van der Waals surface area contributed by atoms with Crippen LogP contribution in [0.5, 0.6) is 11.5 Å². The number of likely N-dealkylation sites (tertiary alicyclic amines) is 1. The summed E-state index contributed by atoms with van der Waals surface area (Å²) in [6, 6.07) is 5.86. The Hall–Kier alpha value is -1.71. The predicted molar refractivity (Wildman–Crippen MR) is 78.1 cm³/mol. The summed E-state index contributed by atoms with van der Waals surface area (Å²) in [6.45, 7) is 4.71. The van der Waals surface area contributed by atoms with Crippen molar-refractivity contribution in [2.45, 2.75) is 32.7 Å². The molecule has 1 aromatic carbocycles. The summed E-state index contributed by atoms with van der Waals surface area (Å²) >= 11 is 0. The van der Waals surface area contributed by atoms with Gasteiger partial charge in [-0.15, -0.1) is 0 Å². The molecular weight excluding hydrogens is 254 g/mol. The zero-order chi connectivity index (χ0) is 14.7. The topological polar surface area (TPSA) is 38.8 Å². The standard InChI is InChI=1S/C16H23NO3/c1-11(2)16(18)17-9-5-6-14(17)13-10-12(19-3)7-8-15(13)20-4/h7-8,10-11,14H,5-6,9H2,1-4H3. The molecule has 1 unspecified atom stereocenters. The zero-order valence-electron chi connectivity index (χ0n) is 12.7. The molecule has 1 amide bonds. The molecule has 4 heteroatoms. The number of hydrogen-bond acceptors (Lipinski definition) is 3. The van der Waals surface area contributed by atoms with E-state index >= 15 is 0 Å². The fourth-order valence-electron chi connectivity index (χ4n) is 2.79. The summed E-state index contributed by atoms with van der Waals surface area (Å²) < 4.78 is 10.8. The lowest BCUT2D eigenvalue weighted by molar-refractivity contribution is -0.135. The Bertz CT molecular complexity index is 485. The van der Waals surface area contributed by atoms with Crippen LogP contribution in [0.15, 0.2) is 18.2 Å². The van der Waals surface area contributed by atoms with Gasteiger partial charge in [0.1, 0.15) is 11.5 Å². The highest BCUT2D eigenvalue weighted by molar-refractivity contribution is 5.79. The van der Waals surface area contributed by atoms with Crippen LogP contribution in [0.2, 0.25) is 0 Å². The lowest BCUT2D eigenvalue weighted by Crippen LogP contribution is -2.33. The summed E-state index contributed by atoms with van der Waals surface area (Å²) in [4.78, 5) is 14.3. The number of amides is 1. The Morgan fingerprint density at radius 1 is 1.30 bits per heavy atom. The van der Waals surface area contributed by atoms with Crippen molar-refractivity contribution < 1.29 is 14.3 Å². The van der Waals surface area contributed by atoms with Gasteiger partial charge in [-0.3, -0.25) is 4.79 Å². The van der Waals surface area contributed by atoms with E-state index in [0.717, 1.165) is 36.4 Å². The van der Waals surface area contributed by atoms with Crippen LogP contribution in [0, 0.1) is 5.92 Å². The van der Waals surface area contributed by atoms with Gasteiger partial charge in [0.25, 0.3) is 0 Å². The van der Waals surface area contributed by atoms with Crippen LogP contribution in [-0.2, 0) is 4.79 Å². The van der Waals surface area contributed by atoms with Gasteiger partial charge in [-0.1, -0.05) is 13.8 Å². The first kappa shape index (κ1) is 14.7. The minimum atomic E-state index is 0.0206. The van der Waals surface area contributed by atoms with Crippen molar-refractivity contribution in [1.82, 2.24) is 4.90 Å². The number of nitrogens with zero attached hydrogens (tertiary/aromatic N) is 1. The van der Waals surface area contributed by atoms with Crippen LogP contribution in [0.3, 0.4) is 0 Å². The second-order valence-electron chi connectivity index (χ2n) is 5.45. The molecule has 0 aliphatic carbocycles. The fourth-order valence-corrected chi connectivity index (χ4v) is 2.79. The molecule has 1 saturated heterocycles. The molecule has 1 fully saturated rings. The van der Waals surface area contributed by atoms with Crippen molar-refractivity contribution in [2.75, 3.05) is 20.8 Å². The summed E-state index contributed by atoms with van der Waals surface area (Å²) in [5.74, 6) is 1.84. The predicted octanol–water partition coefficient (Wildman–Crippen LogP) is 3.02. The molecule has 1 aromatic rings. The number of hydrogen-bond donors (Lipinski definition) is 0. The summed E-state index contributed by atoms with van der Waals surface area (Å²) in [5.41, 5.74) is 1.04. The lowest BCUT2D eigenvalue weighted by atomic mass is 10.0. The number of benzene rings is 1. The maximum atomic E-state index is 12.3. The molecule has 4 nitrogen and oxygen atoms in total. The van der Waals surface area contributed by atoms with Crippen molar-refractivity contribution in [3.63, 3.8) is 0 Å². The highest BCUT2D eigenvalue weighted by atomic mass is 16.5. The van der Waals surface area contributed by atoms with Gasteiger partial charge in [0.2, 0.25) is 5.91 Å². The summed E-state index contributed by atoms with van der Waals surface area (Å²) in [5, 5.41) is 0. The average molecular weight is 277 g/mol. The van der Waals surface area contributed by atoms with Gasteiger partial charge < -0.3 is 14.4 Å². The third-order valence-corrected chi connectivity index (χ3v) is 3.83. The van der Waals surface area contributed by atoms with Crippen LogP contribution < -0.4 is 9.47 Å². The highest BCUT2D eigenvalue weighted by Crippen LogP contribution is 2.39. The van der Waals surface area contributed by atoms with Crippen LogP contribution in [0.4, 0.5) is 0 Å². The van der Waals surface area contributed by atoms with E-state index < -0.39 is 0 Å². The number of carbonyl (C=O) groups excluding carboxylic acids is 1. The molecule has 1 atom stereocenters. The normalized spacial score (nSPS) is 18.4. The quantitative estimate of drug-likeness (QED) is 0.849. The smallest absolute Gasteiger partial charge is 0.225 e. The van der Waals surface area contributed by atoms with E-state index in [-0.39, 0.29) is 17.9 Å². The third-order valence-electron chi connectivity index (χ3n) is 3.83. The van der Waals surface area contributed by atoms with Gasteiger partial charge in [0.15, 0.2) is 0 Å². The van der Waals surface area contributed by atoms with Crippen molar-refractivity contribution >= 4 is 5.91 Å². The van der Waals surface area contributed by atoms with E-state index in [1.807, 2.05) is 36.9 Å². The molecular formula is C16H23NO3. The van der Waals surface area contributed by atoms with E-state index in [4.69, 9.17) is 9.47 Å². The molecule has 2 rings (SSSR count). The second kappa shape index (κ2) is 6.16. The molecule has 1 aliphatic rings. The Morgan fingerprint density at radius 3 is 2.65 bits per heavy atom. The van der Waals surface area contributed by atoms with Gasteiger partial charge >= 0.3 is 0 Å². The first-order valence-corrected chi connectivity index (χ1v) is 7.11. The van der Waals surface area contributed by atoms with Crippen molar-refractivity contribution in [3.05, 3.63) is 23.8 Å². The van der Waals surface area contributed by atoms with Gasteiger partial charge in [0.05, 0.1) is 20.3 Å². The molecule has 0 aromatic heterocycles. The Balaban J connectivity index is 2.36. The first-order valence-electron chi connectivity index (χ1n) is 7.11. The molecule has 0 radical (unpaired) electrons. The van der Waals surface area contributed by atoms with E-state index in [0.29, 0.717) is 0 Å². The number of ether oxygens (including phenoxy) is 2. The van der Waals surface area contributed by atoms with Gasteiger partial charge in [0, 0.05) is 18.0 Å². The summed E-state index contributed by atoms with van der Waals surface area (Å²) in [6.07, 6.45) is 2.01. The maximum absolute atomic E-state index is 12.3. The number of rotatable bonds is 4. The lowest BCUT2D eigenvalue weighted by Gasteiger charge is -2.28. The maximum Gasteiger partial charge on any atom is 0.225 e. The van der Waals surface area contributed by atoms with Crippen molar-refractivity contribution in [1.29, 1.82) is 0 Å². The van der Waals surface area contributed by atoms with E-state index in [9.17, 15) is 4.79 Å². The fraction of sp³-hybridized carbons (Fsp3) is 0.562. The summed E-state index contributed by atoms with van der Waals surface area (Å²) in [7, 11) is 3.31. The average Bonchev–Trinajstić information content (AvgIpc) is 2.94. The van der Waals surface area contributed by atoms with Crippen LogP contribution in [0.25, 0.3) is 0 Å². The molecule has 20 heavy (non-hydrogen) atoms. The van der Waals surface area contributed by atoms with E-state index in [1.165, 1.54) is 0 Å². The second-order valence-corrected chi connectivity index (χ2v) is 5.45. The monoisotopic (exact) mass is 277 g/mol. The molecule has 0 N–H and O–H groups in total. The van der Waals surface area contributed by atoms with Crippen LogP contribution in [-0.4, -0.2) is 31.6 Å². The first-order chi connectivity index (χ1) is 9.58. The zero-order valence-corrected chi connectivity index (χ0v) is 12.7. The molecule has 110 valence electrons. The van der Waals surface area contributed by atoms with Crippen LogP contribution in [0.1, 0.15) is 38.3 Å². The van der Waals surface area contributed by atoms with Crippen LogP contribution >= 0.6 is 0 Å². The largest absolute Gasteiger partial charge is 0.497 e.